The molecule has 0 aliphatic carbocycles. The second-order valence-corrected chi connectivity index (χ2v) is 4.15. The molecule has 0 fully saturated rings. The lowest BCUT2D eigenvalue weighted by molar-refractivity contribution is -0.208. The highest BCUT2D eigenvalue weighted by Crippen LogP contribution is 2.40. The van der Waals surface area contributed by atoms with Crippen molar-refractivity contribution in [3.63, 3.8) is 0 Å². The minimum Gasteiger partial charge on any atom is -0.479 e. The number of ether oxygens (including phenoxy) is 3. The largest absolute Gasteiger partial charge is 0.479 e. The summed E-state index contributed by atoms with van der Waals surface area (Å²) < 4.78 is 39.9. The number of hydrogen-bond acceptors (Lipinski definition) is 4. The molecular formula is C10H7BrF2O4. The third-order valence-electron chi connectivity index (χ3n) is 2.09. The molecule has 1 aliphatic rings. The Morgan fingerprint density at radius 2 is 2.18 bits per heavy atom. The molecular weight excluding hydrogens is 302 g/mol. The second-order valence-electron chi connectivity index (χ2n) is 3.30. The standard InChI is InChI=1S/C10H7BrF2O4/c1-15-9(14)5-2-7-8(3-6(5)11)17-10(12,13)4-16-7/h2-3H,4H2,1H3. The topological polar surface area (TPSA) is 44.8 Å². The summed E-state index contributed by atoms with van der Waals surface area (Å²) in [5.74, 6) is -0.638. The molecule has 1 aliphatic heterocycles. The Hall–Kier alpha value is -1.37. The van der Waals surface area contributed by atoms with E-state index in [9.17, 15) is 13.6 Å². The Balaban J connectivity index is 2.42. The van der Waals surface area contributed by atoms with E-state index in [1.807, 2.05) is 0 Å². The zero-order chi connectivity index (χ0) is 12.6. The van der Waals surface area contributed by atoms with Crippen molar-refractivity contribution in [2.24, 2.45) is 0 Å². The fraction of sp³-hybridized carbons (Fsp3) is 0.300. The molecule has 0 saturated heterocycles. The first-order valence-electron chi connectivity index (χ1n) is 4.54. The van der Waals surface area contributed by atoms with Crippen molar-refractivity contribution in [3.8, 4) is 11.5 Å². The highest BCUT2D eigenvalue weighted by atomic mass is 79.9. The number of benzene rings is 1. The van der Waals surface area contributed by atoms with Crippen molar-refractivity contribution >= 4 is 21.9 Å². The van der Waals surface area contributed by atoms with Crippen molar-refractivity contribution in [1.29, 1.82) is 0 Å². The molecule has 0 bridgehead atoms. The summed E-state index contributed by atoms with van der Waals surface area (Å²) in [7, 11) is 1.22. The third kappa shape index (κ3) is 2.33. The van der Waals surface area contributed by atoms with Gasteiger partial charge in [0, 0.05) is 4.47 Å². The van der Waals surface area contributed by atoms with E-state index >= 15 is 0 Å². The average molecular weight is 309 g/mol. The molecule has 92 valence electrons. The van der Waals surface area contributed by atoms with Crippen molar-refractivity contribution in [3.05, 3.63) is 22.2 Å². The Morgan fingerprint density at radius 1 is 1.47 bits per heavy atom. The van der Waals surface area contributed by atoms with Crippen LogP contribution in [-0.2, 0) is 4.74 Å². The molecule has 4 nitrogen and oxygen atoms in total. The lowest BCUT2D eigenvalue weighted by Crippen LogP contribution is -2.36. The number of rotatable bonds is 1. The number of carbonyl (C=O) groups is 1. The van der Waals surface area contributed by atoms with E-state index in [0.717, 1.165) is 0 Å². The van der Waals surface area contributed by atoms with Gasteiger partial charge in [-0.05, 0) is 28.1 Å². The van der Waals surface area contributed by atoms with Crippen LogP contribution >= 0.6 is 15.9 Å². The summed E-state index contributed by atoms with van der Waals surface area (Å²) in [5, 5.41) is 0. The fourth-order valence-corrected chi connectivity index (χ4v) is 1.83. The van der Waals surface area contributed by atoms with Crippen LogP contribution in [0.25, 0.3) is 0 Å². The Kier molecular flexibility index (Phi) is 2.94. The molecule has 7 heteroatoms. The van der Waals surface area contributed by atoms with Gasteiger partial charge in [-0.1, -0.05) is 0 Å². The Morgan fingerprint density at radius 3 is 2.82 bits per heavy atom. The SMILES string of the molecule is COC(=O)c1cc2c(cc1Br)OC(F)(F)CO2. The number of methoxy groups -OCH3 is 1. The second kappa shape index (κ2) is 4.14. The van der Waals surface area contributed by atoms with Gasteiger partial charge in [-0.3, -0.25) is 0 Å². The lowest BCUT2D eigenvalue weighted by atomic mass is 10.2. The van der Waals surface area contributed by atoms with Crippen molar-refractivity contribution < 1.29 is 27.8 Å². The van der Waals surface area contributed by atoms with Crippen LogP contribution < -0.4 is 9.47 Å². The fourth-order valence-electron chi connectivity index (χ4n) is 1.35. The summed E-state index contributed by atoms with van der Waals surface area (Å²) in [6, 6.07) is 2.54. The van der Waals surface area contributed by atoms with Gasteiger partial charge >= 0.3 is 12.1 Å². The molecule has 17 heavy (non-hydrogen) atoms. The van der Waals surface area contributed by atoms with E-state index in [-0.39, 0.29) is 17.1 Å². The van der Waals surface area contributed by atoms with Crippen LogP contribution in [0.4, 0.5) is 8.78 Å². The van der Waals surface area contributed by atoms with E-state index in [2.05, 4.69) is 25.4 Å². The predicted octanol–water partition coefficient (Wildman–Crippen LogP) is 2.60. The van der Waals surface area contributed by atoms with Gasteiger partial charge in [0.1, 0.15) is 0 Å². The average Bonchev–Trinajstić information content (AvgIpc) is 2.26. The van der Waals surface area contributed by atoms with E-state index in [4.69, 9.17) is 4.74 Å². The van der Waals surface area contributed by atoms with Gasteiger partial charge < -0.3 is 14.2 Å². The first-order chi connectivity index (χ1) is 7.93. The minimum atomic E-state index is -3.36. The smallest absolute Gasteiger partial charge is 0.433 e. The number of esters is 1. The predicted molar refractivity (Wildman–Crippen MR) is 56.6 cm³/mol. The Bertz CT molecular complexity index is 476. The monoisotopic (exact) mass is 308 g/mol. The van der Waals surface area contributed by atoms with Gasteiger partial charge in [0.2, 0.25) is 0 Å². The van der Waals surface area contributed by atoms with Crippen LogP contribution in [0.15, 0.2) is 16.6 Å². The van der Waals surface area contributed by atoms with Crippen LogP contribution in [0.2, 0.25) is 0 Å². The number of hydrogen-bond donors (Lipinski definition) is 0. The molecule has 0 unspecified atom stereocenters. The van der Waals surface area contributed by atoms with Crippen molar-refractivity contribution in [2.75, 3.05) is 13.7 Å². The number of carbonyl (C=O) groups excluding carboxylic acids is 1. The highest BCUT2D eigenvalue weighted by Gasteiger charge is 2.38. The first kappa shape index (κ1) is 12.1. The van der Waals surface area contributed by atoms with E-state index < -0.39 is 18.7 Å². The molecule has 1 aromatic rings. The molecule has 0 aromatic heterocycles. The van der Waals surface area contributed by atoms with Crippen molar-refractivity contribution in [1.82, 2.24) is 0 Å². The van der Waals surface area contributed by atoms with Crippen LogP contribution in [0.3, 0.4) is 0 Å². The zero-order valence-electron chi connectivity index (χ0n) is 8.63. The molecule has 0 amide bonds. The van der Waals surface area contributed by atoms with Crippen LogP contribution in [0.5, 0.6) is 11.5 Å². The molecule has 0 N–H and O–H groups in total. The quantitative estimate of drug-likeness (QED) is 0.748. The van der Waals surface area contributed by atoms with Crippen LogP contribution in [0, 0.1) is 0 Å². The lowest BCUT2D eigenvalue weighted by Gasteiger charge is -2.26. The van der Waals surface area contributed by atoms with E-state index in [1.165, 1.54) is 19.2 Å². The molecule has 0 saturated carbocycles. The van der Waals surface area contributed by atoms with E-state index in [1.54, 1.807) is 0 Å². The van der Waals surface area contributed by atoms with Gasteiger partial charge in [-0.15, -0.1) is 0 Å². The van der Waals surface area contributed by atoms with Gasteiger partial charge in [0.05, 0.1) is 12.7 Å². The summed E-state index contributed by atoms with van der Waals surface area (Å²) >= 11 is 3.07. The van der Waals surface area contributed by atoms with Crippen LogP contribution in [-0.4, -0.2) is 25.8 Å². The first-order valence-corrected chi connectivity index (χ1v) is 5.34. The van der Waals surface area contributed by atoms with Gasteiger partial charge in [0.25, 0.3) is 0 Å². The highest BCUT2D eigenvalue weighted by molar-refractivity contribution is 9.10. The number of alkyl halides is 2. The van der Waals surface area contributed by atoms with E-state index in [0.29, 0.717) is 4.47 Å². The molecule has 0 spiro atoms. The summed E-state index contributed by atoms with van der Waals surface area (Å²) in [4.78, 5) is 11.4. The van der Waals surface area contributed by atoms with Crippen molar-refractivity contribution in [2.45, 2.75) is 6.11 Å². The normalized spacial score (nSPS) is 16.5. The zero-order valence-corrected chi connectivity index (χ0v) is 10.2. The summed E-state index contributed by atoms with van der Waals surface area (Å²) in [6.07, 6.45) is -3.36. The maximum atomic E-state index is 12.9. The third-order valence-corrected chi connectivity index (χ3v) is 2.75. The molecule has 1 heterocycles. The molecule has 0 atom stereocenters. The summed E-state index contributed by atoms with van der Waals surface area (Å²) in [6.45, 7) is -0.887. The maximum Gasteiger partial charge on any atom is 0.433 e. The Labute approximate surface area is 104 Å². The molecule has 1 aromatic carbocycles. The van der Waals surface area contributed by atoms with Gasteiger partial charge in [-0.25, -0.2) is 4.79 Å². The van der Waals surface area contributed by atoms with Gasteiger partial charge in [0.15, 0.2) is 18.1 Å². The molecule has 0 radical (unpaired) electrons. The summed E-state index contributed by atoms with van der Waals surface area (Å²) in [5.41, 5.74) is 0.181. The maximum absolute atomic E-state index is 12.9. The van der Waals surface area contributed by atoms with Gasteiger partial charge in [-0.2, -0.15) is 8.78 Å². The van der Waals surface area contributed by atoms with Crippen LogP contribution in [0.1, 0.15) is 10.4 Å². The minimum absolute atomic E-state index is 0.0829. The molecule has 2 rings (SSSR count). The number of fused-ring (bicyclic) bond motifs is 1. The number of halogens is 3.